The Morgan fingerprint density at radius 2 is 2.00 bits per heavy atom. The van der Waals surface area contributed by atoms with Crippen LogP contribution in [0.2, 0.25) is 0 Å². The molecule has 0 spiro atoms. The minimum absolute atomic E-state index is 0.177. The van der Waals surface area contributed by atoms with Gasteiger partial charge in [0, 0.05) is 20.1 Å². The number of hydrogen-bond donors (Lipinski definition) is 1. The Labute approximate surface area is 74.8 Å². The van der Waals surface area contributed by atoms with Gasteiger partial charge in [-0.2, -0.15) is 0 Å². The summed E-state index contributed by atoms with van der Waals surface area (Å²) in [5.41, 5.74) is 5.29. The molecule has 0 aromatic rings. The lowest BCUT2D eigenvalue weighted by Crippen LogP contribution is -2.38. The van der Waals surface area contributed by atoms with E-state index in [0.29, 0.717) is 6.54 Å². The van der Waals surface area contributed by atoms with Crippen LogP contribution in [0.5, 0.6) is 0 Å². The number of hydrogen-bond acceptors (Lipinski definition) is 3. The van der Waals surface area contributed by atoms with Gasteiger partial charge in [0.1, 0.15) is 0 Å². The maximum atomic E-state index is 11.5. The molecular formula is C7H18N2O2S. The zero-order chi connectivity index (χ0) is 9.78. The summed E-state index contributed by atoms with van der Waals surface area (Å²) in [4.78, 5) is 0. The minimum atomic E-state index is -3.14. The molecular weight excluding hydrogens is 176 g/mol. The molecule has 0 aliphatic rings. The summed E-state index contributed by atoms with van der Waals surface area (Å²) in [6.45, 7) is 4.31. The Balaban J connectivity index is 4.39. The summed E-state index contributed by atoms with van der Waals surface area (Å²) in [5.74, 6) is 0. The fourth-order valence-electron chi connectivity index (χ4n) is 0.871. The van der Waals surface area contributed by atoms with E-state index in [1.165, 1.54) is 4.31 Å². The zero-order valence-corrected chi connectivity index (χ0v) is 8.76. The topological polar surface area (TPSA) is 63.4 Å². The van der Waals surface area contributed by atoms with Crippen LogP contribution in [-0.2, 0) is 10.0 Å². The van der Waals surface area contributed by atoms with Crippen LogP contribution in [0.1, 0.15) is 20.3 Å². The van der Waals surface area contributed by atoms with Crippen molar-refractivity contribution in [3.8, 4) is 0 Å². The number of nitrogens with two attached hydrogens (primary N) is 1. The van der Waals surface area contributed by atoms with Crippen molar-refractivity contribution < 1.29 is 8.42 Å². The Bertz CT molecular complexity index is 213. The van der Waals surface area contributed by atoms with Crippen LogP contribution in [0.3, 0.4) is 0 Å². The Kier molecular flexibility index (Phi) is 4.74. The minimum Gasteiger partial charge on any atom is -0.329 e. The Morgan fingerprint density at radius 1 is 1.50 bits per heavy atom. The second-order valence-electron chi connectivity index (χ2n) is 2.91. The Morgan fingerprint density at radius 3 is 2.33 bits per heavy atom. The lowest BCUT2D eigenvalue weighted by molar-refractivity contribution is 0.459. The van der Waals surface area contributed by atoms with E-state index >= 15 is 0 Å². The summed E-state index contributed by atoms with van der Waals surface area (Å²) >= 11 is 0. The number of nitrogens with zero attached hydrogens (tertiary/aromatic N) is 1. The quantitative estimate of drug-likeness (QED) is 0.670. The normalized spacial score (nSPS) is 15.1. The fourth-order valence-corrected chi connectivity index (χ4v) is 2.17. The van der Waals surface area contributed by atoms with Crippen LogP contribution < -0.4 is 5.73 Å². The number of sulfonamides is 1. The predicted molar refractivity (Wildman–Crippen MR) is 50.4 cm³/mol. The molecule has 1 unspecified atom stereocenters. The summed E-state index contributed by atoms with van der Waals surface area (Å²) in [6, 6.07) is 0. The van der Waals surface area contributed by atoms with Gasteiger partial charge in [-0.05, 0) is 13.3 Å². The average Bonchev–Trinajstić information content (AvgIpc) is 2.03. The molecule has 0 amide bonds. The van der Waals surface area contributed by atoms with Crippen molar-refractivity contribution in [3.63, 3.8) is 0 Å². The van der Waals surface area contributed by atoms with Crippen LogP contribution in [0.15, 0.2) is 0 Å². The highest BCUT2D eigenvalue weighted by Gasteiger charge is 2.23. The van der Waals surface area contributed by atoms with Gasteiger partial charge in [0.05, 0.1) is 5.25 Å². The van der Waals surface area contributed by atoms with Gasteiger partial charge in [-0.3, -0.25) is 0 Å². The van der Waals surface area contributed by atoms with Gasteiger partial charge in [0.25, 0.3) is 0 Å². The molecule has 4 nitrogen and oxygen atoms in total. The van der Waals surface area contributed by atoms with Crippen molar-refractivity contribution in [2.24, 2.45) is 5.73 Å². The lowest BCUT2D eigenvalue weighted by atomic mass is 10.5. The summed E-state index contributed by atoms with van der Waals surface area (Å²) in [7, 11) is -1.55. The first-order valence-corrected chi connectivity index (χ1v) is 5.62. The second kappa shape index (κ2) is 4.79. The van der Waals surface area contributed by atoms with Gasteiger partial charge in [0.2, 0.25) is 10.0 Å². The van der Waals surface area contributed by atoms with Gasteiger partial charge < -0.3 is 5.73 Å². The molecule has 0 radical (unpaired) electrons. The van der Waals surface area contributed by atoms with E-state index < -0.39 is 15.3 Å². The van der Waals surface area contributed by atoms with Gasteiger partial charge >= 0.3 is 0 Å². The highest BCUT2D eigenvalue weighted by Crippen LogP contribution is 2.05. The molecule has 0 heterocycles. The molecule has 0 aromatic heterocycles. The lowest BCUT2D eigenvalue weighted by Gasteiger charge is -2.20. The fraction of sp³-hybridized carbons (Fsp3) is 1.00. The van der Waals surface area contributed by atoms with Crippen molar-refractivity contribution in [1.29, 1.82) is 0 Å². The molecule has 74 valence electrons. The molecule has 0 rings (SSSR count). The molecule has 0 fully saturated rings. The van der Waals surface area contributed by atoms with Crippen molar-refractivity contribution in [2.45, 2.75) is 25.5 Å². The standard InChI is InChI=1S/C7H18N2O2S/c1-4-5-9(3)12(10,11)7(2)6-8/h7H,4-6,8H2,1-3H3. The molecule has 0 bridgehead atoms. The van der Waals surface area contributed by atoms with E-state index in [2.05, 4.69) is 0 Å². The van der Waals surface area contributed by atoms with Gasteiger partial charge in [0.15, 0.2) is 0 Å². The van der Waals surface area contributed by atoms with E-state index in [4.69, 9.17) is 5.73 Å². The van der Waals surface area contributed by atoms with E-state index in [1.54, 1.807) is 14.0 Å². The first kappa shape index (κ1) is 11.9. The highest BCUT2D eigenvalue weighted by atomic mass is 32.2. The molecule has 0 aliphatic heterocycles. The summed E-state index contributed by atoms with van der Waals surface area (Å²) in [6.07, 6.45) is 0.826. The van der Waals surface area contributed by atoms with Gasteiger partial charge in [-0.1, -0.05) is 6.92 Å². The first-order valence-electron chi connectivity index (χ1n) is 4.12. The van der Waals surface area contributed by atoms with Crippen molar-refractivity contribution in [1.82, 2.24) is 4.31 Å². The molecule has 5 heteroatoms. The third-order valence-electron chi connectivity index (χ3n) is 1.81. The van der Waals surface area contributed by atoms with E-state index in [1.807, 2.05) is 6.92 Å². The molecule has 2 N–H and O–H groups in total. The monoisotopic (exact) mass is 194 g/mol. The maximum Gasteiger partial charge on any atom is 0.217 e. The molecule has 0 aliphatic carbocycles. The summed E-state index contributed by atoms with van der Waals surface area (Å²) in [5, 5.41) is -0.478. The maximum absolute atomic E-state index is 11.5. The predicted octanol–water partition coefficient (Wildman–Crippen LogP) is 0.00520. The van der Waals surface area contributed by atoms with Crippen molar-refractivity contribution in [3.05, 3.63) is 0 Å². The molecule has 0 saturated carbocycles. The molecule has 1 atom stereocenters. The van der Waals surface area contributed by atoms with Crippen molar-refractivity contribution in [2.75, 3.05) is 20.1 Å². The average molecular weight is 194 g/mol. The van der Waals surface area contributed by atoms with E-state index in [-0.39, 0.29) is 6.54 Å². The highest BCUT2D eigenvalue weighted by molar-refractivity contribution is 7.89. The van der Waals surface area contributed by atoms with Crippen LogP contribution >= 0.6 is 0 Å². The SMILES string of the molecule is CCCN(C)S(=O)(=O)C(C)CN. The van der Waals surface area contributed by atoms with Gasteiger partial charge in [-0.15, -0.1) is 0 Å². The van der Waals surface area contributed by atoms with Crippen molar-refractivity contribution >= 4 is 10.0 Å². The van der Waals surface area contributed by atoms with Gasteiger partial charge in [-0.25, -0.2) is 12.7 Å². The molecule has 0 aromatic carbocycles. The van der Waals surface area contributed by atoms with Crippen LogP contribution in [-0.4, -0.2) is 38.1 Å². The first-order chi connectivity index (χ1) is 5.46. The second-order valence-corrected chi connectivity index (χ2v) is 5.37. The van der Waals surface area contributed by atoms with Crippen LogP contribution in [0.25, 0.3) is 0 Å². The van der Waals surface area contributed by atoms with Crippen LogP contribution in [0.4, 0.5) is 0 Å². The smallest absolute Gasteiger partial charge is 0.217 e. The summed E-state index contributed by atoms with van der Waals surface area (Å²) < 4.78 is 24.4. The third-order valence-corrected chi connectivity index (χ3v) is 4.07. The Hall–Kier alpha value is -0.130. The molecule has 0 saturated heterocycles. The van der Waals surface area contributed by atoms with E-state index in [0.717, 1.165) is 6.42 Å². The third kappa shape index (κ3) is 2.73. The van der Waals surface area contributed by atoms with Crippen LogP contribution in [0, 0.1) is 0 Å². The largest absolute Gasteiger partial charge is 0.329 e. The zero-order valence-electron chi connectivity index (χ0n) is 7.95. The van der Waals surface area contributed by atoms with E-state index in [9.17, 15) is 8.42 Å². The number of rotatable bonds is 5. The molecule has 12 heavy (non-hydrogen) atoms.